The van der Waals surface area contributed by atoms with Gasteiger partial charge in [0.25, 0.3) is 5.91 Å². The van der Waals surface area contributed by atoms with Crippen molar-refractivity contribution >= 4 is 18.1 Å². The number of carbonyl (C=O) groups is 1. The molecule has 80 valence electrons. The van der Waals surface area contributed by atoms with E-state index in [4.69, 9.17) is 12.2 Å². The number of aromatic nitrogens is 2. The van der Waals surface area contributed by atoms with Crippen LogP contribution in [0.15, 0.2) is 12.1 Å². The Hall–Kier alpha value is -1.27. The van der Waals surface area contributed by atoms with Crippen LogP contribution in [0.2, 0.25) is 0 Å². The second kappa shape index (κ2) is 4.50. The zero-order valence-corrected chi connectivity index (χ0v) is 9.01. The van der Waals surface area contributed by atoms with Gasteiger partial charge in [-0.3, -0.25) is 9.89 Å². The summed E-state index contributed by atoms with van der Waals surface area (Å²) in [5, 5.41) is 9.73. The van der Waals surface area contributed by atoms with E-state index in [0.717, 1.165) is 26.2 Å². The molecule has 1 aromatic rings. The highest BCUT2D eigenvalue weighted by molar-refractivity contribution is 7.71. The largest absolute Gasteiger partial charge is 0.335 e. The minimum atomic E-state index is -0.0391. The van der Waals surface area contributed by atoms with Crippen molar-refractivity contribution in [3.05, 3.63) is 22.5 Å². The molecule has 0 radical (unpaired) electrons. The number of carbonyl (C=O) groups excluding carboxylic acids is 1. The molecule has 0 unspecified atom stereocenters. The number of hydrogen-bond donors (Lipinski definition) is 2. The van der Waals surface area contributed by atoms with Gasteiger partial charge in [-0.2, -0.15) is 5.10 Å². The normalized spacial score (nSPS) is 16.4. The van der Waals surface area contributed by atoms with E-state index in [2.05, 4.69) is 15.5 Å². The van der Waals surface area contributed by atoms with E-state index in [0.29, 0.717) is 10.3 Å². The monoisotopic (exact) mass is 224 g/mol. The number of nitrogens with zero attached hydrogens (tertiary/aromatic N) is 2. The second-order valence-corrected chi connectivity index (χ2v) is 3.79. The van der Waals surface area contributed by atoms with E-state index >= 15 is 0 Å². The van der Waals surface area contributed by atoms with Gasteiger partial charge in [-0.05, 0) is 12.1 Å². The van der Waals surface area contributed by atoms with Gasteiger partial charge in [0.2, 0.25) is 0 Å². The van der Waals surface area contributed by atoms with E-state index in [1.165, 1.54) is 0 Å². The van der Waals surface area contributed by atoms with Gasteiger partial charge in [-0.1, -0.05) is 12.2 Å². The maximum absolute atomic E-state index is 11.9. The fraction of sp³-hybridized carbons (Fsp3) is 0.444. The van der Waals surface area contributed by atoms with Gasteiger partial charge in [0.15, 0.2) is 0 Å². The summed E-state index contributed by atoms with van der Waals surface area (Å²) >= 11 is 4.86. The predicted octanol–water partition coefficient (Wildman–Crippen LogP) is 0.185. The number of nitrogens with one attached hydrogen (secondary N) is 2. The van der Waals surface area contributed by atoms with Crippen LogP contribution in [-0.2, 0) is 0 Å². The quantitative estimate of drug-likeness (QED) is 0.668. The van der Waals surface area contributed by atoms with E-state index < -0.39 is 0 Å². The third kappa shape index (κ3) is 2.40. The van der Waals surface area contributed by atoms with Crippen molar-refractivity contribution in [1.82, 2.24) is 20.4 Å². The SMILES string of the molecule is O=C(c1ccc(=S)[nH]n1)N1CCNCC1. The number of amides is 1. The summed E-state index contributed by atoms with van der Waals surface area (Å²) in [6, 6.07) is 3.33. The molecule has 0 spiro atoms. The summed E-state index contributed by atoms with van der Waals surface area (Å²) in [6.07, 6.45) is 0. The Kier molecular flexibility index (Phi) is 3.08. The Morgan fingerprint density at radius 3 is 2.73 bits per heavy atom. The molecule has 1 aliphatic heterocycles. The Labute approximate surface area is 92.5 Å². The molecule has 2 N–H and O–H groups in total. The summed E-state index contributed by atoms with van der Waals surface area (Å²) in [4.78, 5) is 13.7. The van der Waals surface area contributed by atoms with Crippen LogP contribution in [0.1, 0.15) is 10.5 Å². The third-order valence-corrected chi connectivity index (χ3v) is 2.53. The zero-order chi connectivity index (χ0) is 10.7. The topological polar surface area (TPSA) is 61.0 Å². The van der Waals surface area contributed by atoms with Crippen molar-refractivity contribution < 1.29 is 4.79 Å². The highest BCUT2D eigenvalue weighted by atomic mass is 32.1. The van der Waals surface area contributed by atoms with Gasteiger partial charge in [-0.25, -0.2) is 0 Å². The fourth-order valence-electron chi connectivity index (χ4n) is 1.49. The van der Waals surface area contributed by atoms with E-state index in [-0.39, 0.29) is 5.91 Å². The van der Waals surface area contributed by atoms with Crippen molar-refractivity contribution in [1.29, 1.82) is 0 Å². The van der Waals surface area contributed by atoms with E-state index in [9.17, 15) is 4.79 Å². The van der Waals surface area contributed by atoms with Gasteiger partial charge in [0.05, 0.1) is 0 Å². The van der Waals surface area contributed by atoms with Gasteiger partial charge in [0.1, 0.15) is 10.3 Å². The minimum Gasteiger partial charge on any atom is -0.335 e. The van der Waals surface area contributed by atoms with Gasteiger partial charge < -0.3 is 10.2 Å². The summed E-state index contributed by atoms with van der Waals surface area (Å²) in [7, 11) is 0. The van der Waals surface area contributed by atoms with Crippen molar-refractivity contribution in [2.75, 3.05) is 26.2 Å². The summed E-state index contributed by atoms with van der Waals surface area (Å²) in [6.45, 7) is 3.15. The number of rotatable bonds is 1. The van der Waals surface area contributed by atoms with Crippen LogP contribution in [0.25, 0.3) is 0 Å². The molecule has 2 rings (SSSR count). The average molecular weight is 224 g/mol. The molecule has 0 atom stereocenters. The van der Waals surface area contributed by atoms with Crippen LogP contribution in [0.5, 0.6) is 0 Å². The maximum Gasteiger partial charge on any atom is 0.274 e. The molecule has 0 bridgehead atoms. The smallest absolute Gasteiger partial charge is 0.274 e. The molecule has 15 heavy (non-hydrogen) atoms. The van der Waals surface area contributed by atoms with Crippen molar-refractivity contribution in [2.45, 2.75) is 0 Å². The highest BCUT2D eigenvalue weighted by Crippen LogP contribution is 2.01. The van der Waals surface area contributed by atoms with Crippen LogP contribution >= 0.6 is 12.2 Å². The first-order chi connectivity index (χ1) is 7.27. The lowest BCUT2D eigenvalue weighted by Crippen LogP contribution is -2.46. The lowest BCUT2D eigenvalue weighted by Gasteiger charge is -2.26. The molecule has 1 saturated heterocycles. The third-order valence-electron chi connectivity index (χ3n) is 2.30. The number of H-pyrrole nitrogens is 1. The van der Waals surface area contributed by atoms with Crippen LogP contribution in [-0.4, -0.2) is 47.2 Å². The number of hydrogen-bond acceptors (Lipinski definition) is 4. The number of piperazine rings is 1. The molecule has 6 heteroatoms. The van der Waals surface area contributed by atoms with Crippen LogP contribution in [0, 0.1) is 4.64 Å². The molecular weight excluding hydrogens is 212 g/mol. The van der Waals surface area contributed by atoms with Crippen molar-refractivity contribution in [3.8, 4) is 0 Å². The summed E-state index contributed by atoms with van der Waals surface area (Å²) < 4.78 is 0.534. The molecule has 5 nitrogen and oxygen atoms in total. The van der Waals surface area contributed by atoms with Gasteiger partial charge in [-0.15, -0.1) is 0 Å². The molecule has 0 aliphatic carbocycles. The predicted molar refractivity (Wildman–Crippen MR) is 58.2 cm³/mol. The van der Waals surface area contributed by atoms with Gasteiger partial charge in [0, 0.05) is 26.2 Å². The molecule has 1 aromatic heterocycles. The Morgan fingerprint density at radius 2 is 2.13 bits per heavy atom. The van der Waals surface area contributed by atoms with Gasteiger partial charge >= 0.3 is 0 Å². The molecule has 0 saturated carbocycles. The zero-order valence-electron chi connectivity index (χ0n) is 8.19. The lowest BCUT2D eigenvalue weighted by atomic mass is 10.3. The minimum absolute atomic E-state index is 0.0391. The lowest BCUT2D eigenvalue weighted by molar-refractivity contribution is 0.0728. The first-order valence-electron chi connectivity index (χ1n) is 4.83. The molecule has 1 aliphatic rings. The maximum atomic E-state index is 11.9. The Morgan fingerprint density at radius 1 is 1.40 bits per heavy atom. The van der Waals surface area contributed by atoms with Crippen LogP contribution in [0.3, 0.4) is 0 Å². The average Bonchev–Trinajstić information content (AvgIpc) is 2.30. The number of aromatic amines is 1. The van der Waals surface area contributed by atoms with Crippen LogP contribution < -0.4 is 5.32 Å². The Balaban J connectivity index is 2.12. The molecule has 2 heterocycles. The summed E-state index contributed by atoms with van der Waals surface area (Å²) in [5.41, 5.74) is 0.422. The first kappa shape index (κ1) is 10.3. The molecule has 0 aromatic carbocycles. The summed E-state index contributed by atoms with van der Waals surface area (Å²) in [5.74, 6) is -0.0391. The van der Waals surface area contributed by atoms with Crippen molar-refractivity contribution in [3.63, 3.8) is 0 Å². The highest BCUT2D eigenvalue weighted by Gasteiger charge is 2.18. The fourth-order valence-corrected chi connectivity index (χ4v) is 1.61. The Bertz CT molecular complexity index is 390. The van der Waals surface area contributed by atoms with Crippen molar-refractivity contribution in [2.24, 2.45) is 0 Å². The molecule has 1 amide bonds. The molecular formula is C9H12N4OS. The van der Waals surface area contributed by atoms with E-state index in [1.807, 2.05) is 0 Å². The van der Waals surface area contributed by atoms with E-state index in [1.54, 1.807) is 17.0 Å². The van der Waals surface area contributed by atoms with Crippen LogP contribution in [0.4, 0.5) is 0 Å². The second-order valence-electron chi connectivity index (χ2n) is 3.35. The molecule has 1 fully saturated rings. The standard InChI is InChI=1S/C9H12N4OS/c14-9(13-5-3-10-4-6-13)7-1-2-8(15)12-11-7/h1-2,10H,3-6H2,(H,12,15). The first-order valence-corrected chi connectivity index (χ1v) is 5.24.